The van der Waals surface area contributed by atoms with Crippen LogP contribution in [0.25, 0.3) is 0 Å². The molecule has 3 rings (SSSR count). The summed E-state index contributed by atoms with van der Waals surface area (Å²) in [6, 6.07) is 8.19. The second-order valence-electron chi connectivity index (χ2n) is 6.80. The van der Waals surface area contributed by atoms with Crippen molar-refractivity contribution in [1.82, 2.24) is 14.7 Å². The zero-order valence-electron chi connectivity index (χ0n) is 14.9. The molecule has 0 aliphatic carbocycles. The fourth-order valence-corrected chi connectivity index (χ4v) is 3.45. The lowest BCUT2D eigenvalue weighted by molar-refractivity contribution is -0.133. The Morgan fingerprint density at radius 1 is 1.00 bits per heavy atom. The van der Waals surface area contributed by atoms with Crippen LogP contribution in [0, 0.1) is 6.92 Å². The Kier molecular flexibility index (Phi) is 5.51. The third-order valence-electron chi connectivity index (χ3n) is 5.05. The van der Waals surface area contributed by atoms with Gasteiger partial charge in [-0.15, -0.1) is 0 Å². The fourth-order valence-electron chi connectivity index (χ4n) is 3.45. The largest absolute Gasteiger partial charge is 0.357 e. The van der Waals surface area contributed by atoms with Crippen molar-refractivity contribution >= 4 is 17.4 Å². The zero-order chi connectivity index (χ0) is 16.9. The molecule has 0 saturated carbocycles. The molecule has 1 aromatic carbocycles. The summed E-state index contributed by atoms with van der Waals surface area (Å²) in [4.78, 5) is 23.7. The molecule has 2 saturated heterocycles. The number of benzene rings is 1. The van der Waals surface area contributed by atoms with Gasteiger partial charge in [0, 0.05) is 26.2 Å². The lowest BCUT2D eigenvalue weighted by atomic mass is 10.2. The Balaban J connectivity index is 1.52. The molecule has 5 heteroatoms. The van der Waals surface area contributed by atoms with Crippen LogP contribution in [0.4, 0.5) is 5.69 Å². The number of hydrogen-bond acceptors (Lipinski definition) is 3. The van der Waals surface area contributed by atoms with Crippen molar-refractivity contribution in [2.75, 3.05) is 45.8 Å². The molecule has 0 radical (unpaired) electrons. The van der Waals surface area contributed by atoms with Crippen molar-refractivity contribution in [2.24, 2.45) is 4.99 Å². The van der Waals surface area contributed by atoms with Gasteiger partial charge < -0.3 is 9.80 Å². The number of nitrogens with zero attached hydrogens (tertiary/aromatic N) is 4. The van der Waals surface area contributed by atoms with Crippen LogP contribution in [0.1, 0.15) is 25.3 Å². The molecule has 2 heterocycles. The predicted molar refractivity (Wildman–Crippen MR) is 97.8 cm³/mol. The summed E-state index contributed by atoms with van der Waals surface area (Å²) in [6.45, 7) is 10.2. The molecule has 0 N–H and O–H groups in total. The van der Waals surface area contributed by atoms with Crippen LogP contribution in [0.2, 0.25) is 0 Å². The molecule has 2 aliphatic rings. The average molecular weight is 328 g/mol. The van der Waals surface area contributed by atoms with E-state index in [0.717, 1.165) is 50.8 Å². The third-order valence-corrected chi connectivity index (χ3v) is 5.05. The molecule has 1 amide bonds. The van der Waals surface area contributed by atoms with Crippen molar-refractivity contribution in [3.8, 4) is 0 Å². The SMILES string of the molecule is CC(=Nc1ccccc1C)N1CCN(C(=O)CN2CCCC2)CC1. The number of para-hydroxylation sites is 1. The first kappa shape index (κ1) is 17.0. The second-order valence-corrected chi connectivity index (χ2v) is 6.80. The minimum atomic E-state index is 0.282. The van der Waals surface area contributed by atoms with Gasteiger partial charge in [-0.2, -0.15) is 0 Å². The Labute approximate surface area is 145 Å². The zero-order valence-corrected chi connectivity index (χ0v) is 14.9. The molecule has 0 spiro atoms. The lowest BCUT2D eigenvalue weighted by Crippen LogP contribution is -2.52. The van der Waals surface area contributed by atoms with Gasteiger partial charge in [-0.05, 0) is 51.4 Å². The molecule has 2 fully saturated rings. The Morgan fingerprint density at radius 2 is 1.62 bits per heavy atom. The van der Waals surface area contributed by atoms with Crippen molar-refractivity contribution in [1.29, 1.82) is 0 Å². The highest BCUT2D eigenvalue weighted by Crippen LogP contribution is 2.18. The Morgan fingerprint density at radius 3 is 2.29 bits per heavy atom. The fraction of sp³-hybridized carbons (Fsp3) is 0.579. The highest BCUT2D eigenvalue weighted by molar-refractivity contribution is 5.83. The maximum Gasteiger partial charge on any atom is 0.236 e. The highest BCUT2D eigenvalue weighted by Gasteiger charge is 2.24. The summed E-state index contributed by atoms with van der Waals surface area (Å²) in [5.41, 5.74) is 2.22. The number of piperazine rings is 1. The summed E-state index contributed by atoms with van der Waals surface area (Å²) in [5.74, 6) is 1.32. The average Bonchev–Trinajstić information content (AvgIpc) is 3.10. The standard InChI is InChI=1S/C19H28N4O/c1-16-7-3-4-8-18(16)20-17(2)22-11-13-23(14-12-22)19(24)15-21-9-5-6-10-21/h3-4,7-8H,5-6,9-15H2,1-2H3. The molecule has 0 bridgehead atoms. The molecule has 2 aliphatic heterocycles. The van der Waals surface area contributed by atoms with Gasteiger partial charge in [0.2, 0.25) is 5.91 Å². The van der Waals surface area contributed by atoms with Gasteiger partial charge in [0.05, 0.1) is 12.2 Å². The number of carbonyl (C=O) groups is 1. The topological polar surface area (TPSA) is 39.1 Å². The first-order chi connectivity index (χ1) is 11.6. The van der Waals surface area contributed by atoms with Crippen LogP contribution in [0.3, 0.4) is 0 Å². The van der Waals surface area contributed by atoms with Crippen molar-refractivity contribution < 1.29 is 4.79 Å². The lowest BCUT2D eigenvalue weighted by Gasteiger charge is -2.36. The Hall–Kier alpha value is -1.88. The smallest absolute Gasteiger partial charge is 0.236 e. The van der Waals surface area contributed by atoms with E-state index in [1.165, 1.54) is 18.4 Å². The highest BCUT2D eigenvalue weighted by atomic mass is 16.2. The van der Waals surface area contributed by atoms with E-state index in [0.29, 0.717) is 6.54 Å². The third kappa shape index (κ3) is 4.15. The number of aliphatic imine (C=N–C) groups is 1. The van der Waals surface area contributed by atoms with Gasteiger partial charge in [-0.25, -0.2) is 4.99 Å². The molecular weight excluding hydrogens is 300 g/mol. The number of hydrogen-bond donors (Lipinski definition) is 0. The molecule has 1 aromatic rings. The van der Waals surface area contributed by atoms with E-state index in [4.69, 9.17) is 4.99 Å². The van der Waals surface area contributed by atoms with Gasteiger partial charge in [0.25, 0.3) is 0 Å². The van der Waals surface area contributed by atoms with E-state index in [9.17, 15) is 4.79 Å². The molecule has 0 aromatic heterocycles. The molecule has 24 heavy (non-hydrogen) atoms. The molecular formula is C19H28N4O. The summed E-state index contributed by atoms with van der Waals surface area (Å²) < 4.78 is 0. The Bertz CT molecular complexity index is 599. The number of aryl methyl sites for hydroxylation is 1. The van der Waals surface area contributed by atoms with Crippen LogP contribution >= 0.6 is 0 Å². The van der Waals surface area contributed by atoms with Crippen molar-refractivity contribution in [3.63, 3.8) is 0 Å². The summed E-state index contributed by atoms with van der Waals surface area (Å²) in [7, 11) is 0. The van der Waals surface area contributed by atoms with E-state index in [2.05, 4.69) is 35.8 Å². The summed E-state index contributed by atoms with van der Waals surface area (Å²) >= 11 is 0. The number of amidine groups is 1. The number of amides is 1. The predicted octanol–water partition coefficient (Wildman–Crippen LogP) is 2.28. The maximum absolute atomic E-state index is 12.4. The quantitative estimate of drug-likeness (QED) is 0.631. The minimum Gasteiger partial charge on any atom is -0.357 e. The number of likely N-dealkylation sites (tertiary alicyclic amines) is 1. The molecule has 0 atom stereocenters. The molecule has 0 unspecified atom stereocenters. The van der Waals surface area contributed by atoms with Crippen molar-refractivity contribution in [3.05, 3.63) is 29.8 Å². The first-order valence-corrected chi connectivity index (χ1v) is 8.99. The monoisotopic (exact) mass is 328 g/mol. The van der Waals surface area contributed by atoms with E-state index >= 15 is 0 Å². The van der Waals surface area contributed by atoms with Gasteiger partial charge in [0.1, 0.15) is 5.84 Å². The van der Waals surface area contributed by atoms with Crippen LogP contribution in [-0.4, -0.2) is 72.3 Å². The molecule has 130 valence electrons. The van der Waals surface area contributed by atoms with Crippen molar-refractivity contribution in [2.45, 2.75) is 26.7 Å². The maximum atomic E-state index is 12.4. The van der Waals surface area contributed by atoms with Crippen LogP contribution in [-0.2, 0) is 4.79 Å². The van der Waals surface area contributed by atoms with Gasteiger partial charge in [-0.3, -0.25) is 9.69 Å². The number of carbonyl (C=O) groups excluding carboxylic acids is 1. The van der Waals surface area contributed by atoms with Crippen LogP contribution < -0.4 is 0 Å². The van der Waals surface area contributed by atoms with E-state index in [1.807, 2.05) is 17.0 Å². The minimum absolute atomic E-state index is 0.282. The van der Waals surface area contributed by atoms with Gasteiger partial charge >= 0.3 is 0 Å². The van der Waals surface area contributed by atoms with Gasteiger partial charge in [-0.1, -0.05) is 18.2 Å². The number of rotatable bonds is 3. The molecule has 5 nitrogen and oxygen atoms in total. The van der Waals surface area contributed by atoms with Crippen LogP contribution in [0.5, 0.6) is 0 Å². The normalized spacial score (nSPS) is 19.8. The van der Waals surface area contributed by atoms with E-state index in [-0.39, 0.29) is 5.91 Å². The first-order valence-electron chi connectivity index (χ1n) is 8.99. The second kappa shape index (κ2) is 7.79. The van der Waals surface area contributed by atoms with E-state index in [1.54, 1.807) is 0 Å². The summed E-state index contributed by atoms with van der Waals surface area (Å²) in [6.07, 6.45) is 2.46. The van der Waals surface area contributed by atoms with Gasteiger partial charge in [0.15, 0.2) is 0 Å². The van der Waals surface area contributed by atoms with E-state index < -0.39 is 0 Å². The summed E-state index contributed by atoms with van der Waals surface area (Å²) in [5, 5.41) is 0. The van der Waals surface area contributed by atoms with Crippen LogP contribution in [0.15, 0.2) is 29.3 Å².